The molecule has 4 rings (SSSR count). The van der Waals surface area contributed by atoms with Crippen molar-refractivity contribution in [2.75, 3.05) is 0 Å². The average molecular weight is 340 g/mol. The highest BCUT2D eigenvalue weighted by molar-refractivity contribution is 6.02. The molecule has 4 aromatic rings. The largest absolute Gasteiger partial charge is 0.507 e. The molecule has 1 aromatic heterocycles. The zero-order valence-electron chi connectivity index (χ0n) is 13.9. The summed E-state index contributed by atoms with van der Waals surface area (Å²) >= 11 is 0. The third kappa shape index (κ3) is 2.89. The molecule has 0 atom stereocenters. The lowest BCUT2D eigenvalue weighted by molar-refractivity contribution is 0.0976. The van der Waals surface area contributed by atoms with E-state index in [1.54, 1.807) is 24.3 Å². The summed E-state index contributed by atoms with van der Waals surface area (Å²) in [6.07, 6.45) is 3.29. The molecule has 0 aliphatic rings. The fraction of sp³-hybridized carbons (Fsp3) is 0. The summed E-state index contributed by atoms with van der Waals surface area (Å²) in [6.45, 7) is 0. The van der Waals surface area contributed by atoms with Crippen LogP contribution in [0.1, 0.15) is 10.4 Å². The second kappa shape index (κ2) is 6.69. The third-order valence-corrected chi connectivity index (χ3v) is 4.14. The van der Waals surface area contributed by atoms with Crippen LogP contribution in [0.15, 0.2) is 84.9 Å². The number of allylic oxidation sites excluding steroid dienone is 1. The first kappa shape index (κ1) is 15.8. The van der Waals surface area contributed by atoms with Gasteiger partial charge in [-0.25, -0.2) is 4.98 Å². The monoisotopic (exact) mass is 340 g/mol. The predicted molar refractivity (Wildman–Crippen MR) is 103 cm³/mol. The number of phenols is 1. The Balaban J connectivity index is 1.85. The summed E-state index contributed by atoms with van der Waals surface area (Å²) in [5, 5.41) is 10.2. The SMILES string of the molecule is O=C(/C=C/c1ccccc1)n1c(-c2ccccc2O)nc2ccccc21. The highest BCUT2D eigenvalue weighted by atomic mass is 16.3. The lowest BCUT2D eigenvalue weighted by Crippen LogP contribution is -2.09. The number of aromatic nitrogens is 2. The summed E-state index contributed by atoms with van der Waals surface area (Å²) in [6, 6.07) is 24.0. The van der Waals surface area contributed by atoms with Gasteiger partial charge in [-0.3, -0.25) is 9.36 Å². The third-order valence-electron chi connectivity index (χ3n) is 4.14. The van der Waals surface area contributed by atoms with Gasteiger partial charge in [0.25, 0.3) is 5.91 Å². The number of fused-ring (bicyclic) bond motifs is 1. The first-order chi connectivity index (χ1) is 12.7. The molecule has 0 aliphatic heterocycles. The highest BCUT2D eigenvalue weighted by Gasteiger charge is 2.18. The van der Waals surface area contributed by atoms with Gasteiger partial charge in [0.15, 0.2) is 5.82 Å². The van der Waals surface area contributed by atoms with Gasteiger partial charge in [-0.2, -0.15) is 0 Å². The molecule has 1 heterocycles. The van der Waals surface area contributed by atoms with E-state index in [0.29, 0.717) is 22.4 Å². The summed E-state index contributed by atoms with van der Waals surface area (Å²) < 4.78 is 1.53. The second-order valence-corrected chi connectivity index (χ2v) is 5.86. The molecule has 0 fully saturated rings. The zero-order chi connectivity index (χ0) is 17.9. The van der Waals surface area contributed by atoms with E-state index in [1.165, 1.54) is 10.6 Å². The molecule has 0 saturated heterocycles. The average Bonchev–Trinajstić information content (AvgIpc) is 3.06. The van der Waals surface area contributed by atoms with E-state index >= 15 is 0 Å². The fourth-order valence-electron chi connectivity index (χ4n) is 2.90. The molecule has 0 aliphatic carbocycles. The number of aromatic hydroxyl groups is 1. The molecule has 0 saturated carbocycles. The Hall–Kier alpha value is -3.66. The quantitative estimate of drug-likeness (QED) is 0.547. The molecule has 4 heteroatoms. The van der Waals surface area contributed by atoms with Crippen molar-refractivity contribution in [1.29, 1.82) is 0 Å². The van der Waals surface area contributed by atoms with Crippen LogP contribution in [-0.2, 0) is 0 Å². The predicted octanol–water partition coefficient (Wildman–Crippen LogP) is 4.76. The van der Waals surface area contributed by atoms with Crippen LogP contribution in [0, 0.1) is 0 Å². The molecule has 4 nitrogen and oxygen atoms in total. The molecule has 0 unspecified atom stereocenters. The number of carbonyl (C=O) groups is 1. The number of benzene rings is 3. The molecule has 0 amide bonds. The minimum absolute atomic E-state index is 0.0869. The fourth-order valence-corrected chi connectivity index (χ4v) is 2.90. The van der Waals surface area contributed by atoms with E-state index in [4.69, 9.17) is 0 Å². The van der Waals surface area contributed by atoms with Gasteiger partial charge in [0.1, 0.15) is 5.75 Å². The van der Waals surface area contributed by atoms with Gasteiger partial charge in [0.05, 0.1) is 16.6 Å². The molecule has 26 heavy (non-hydrogen) atoms. The lowest BCUT2D eigenvalue weighted by Gasteiger charge is -2.07. The smallest absolute Gasteiger partial charge is 0.256 e. The van der Waals surface area contributed by atoms with Gasteiger partial charge in [-0.05, 0) is 35.9 Å². The topological polar surface area (TPSA) is 55.1 Å². The number of imidazole rings is 1. The van der Waals surface area contributed by atoms with Crippen molar-refractivity contribution >= 4 is 23.0 Å². The van der Waals surface area contributed by atoms with Crippen LogP contribution in [0.4, 0.5) is 0 Å². The number of carbonyl (C=O) groups excluding carboxylic acids is 1. The van der Waals surface area contributed by atoms with Crippen LogP contribution in [0.3, 0.4) is 0 Å². The molecular weight excluding hydrogens is 324 g/mol. The van der Waals surface area contributed by atoms with E-state index in [1.807, 2.05) is 60.7 Å². The number of hydrogen-bond acceptors (Lipinski definition) is 3. The van der Waals surface area contributed by atoms with E-state index in [9.17, 15) is 9.90 Å². The van der Waals surface area contributed by atoms with Crippen LogP contribution < -0.4 is 0 Å². The Morgan fingerprint density at radius 3 is 2.38 bits per heavy atom. The summed E-state index contributed by atoms with van der Waals surface area (Å²) in [5.74, 6) is 0.289. The van der Waals surface area contributed by atoms with Crippen molar-refractivity contribution in [1.82, 2.24) is 9.55 Å². The summed E-state index contributed by atoms with van der Waals surface area (Å²) in [5.41, 5.74) is 2.86. The Morgan fingerprint density at radius 2 is 1.58 bits per heavy atom. The standard InChI is InChI=1S/C22H16N2O2/c25-20-13-7-4-10-17(20)22-23-18-11-5-6-12-19(18)24(22)21(26)15-14-16-8-2-1-3-9-16/h1-15,25H/b15-14+. The van der Waals surface area contributed by atoms with Gasteiger partial charge < -0.3 is 5.11 Å². The minimum atomic E-state index is -0.221. The van der Waals surface area contributed by atoms with E-state index < -0.39 is 0 Å². The Kier molecular flexibility index (Phi) is 4.07. The molecule has 1 N–H and O–H groups in total. The summed E-state index contributed by atoms with van der Waals surface area (Å²) in [7, 11) is 0. The second-order valence-electron chi connectivity index (χ2n) is 5.86. The van der Waals surface area contributed by atoms with Crippen LogP contribution in [0.25, 0.3) is 28.5 Å². The number of rotatable bonds is 3. The van der Waals surface area contributed by atoms with Gasteiger partial charge in [0, 0.05) is 6.08 Å². The molecule has 0 bridgehead atoms. The number of para-hydroxylation sites is 3. The van der Waals surface area contributed by atoms with Crippen LogP contribution >= 0.6 is 0 Å². The number of phenolic OH excluding ortho intramolecular Hbond substituents is 1. The van der Waals surface area contributed by atoms with Crippen molar-refractivity contribution in [2.24, 2.45) is 0 Å². The molecule has 3 aromatic carbocycles. The Labute approximate surface area is 150 Å². The Morgan fingerprint density at radius 1 is 0.885 bits per heavy atom. The van der Waals surface area contributed by atoms with E-state index in [-0.39, 0.29) is 11.7 Å². The number of nitrogens with zero attached hydrogens (tertiary/aromatic N) is 2. The number of hydrogen-bond donors (Lipinski definition) is 1. The highest BCUT2D eigenvalue weighted by Crippen LogP contribution is 2.31. The normalized spacial score (nSPS) is 11.2. The first-order valence-corrected chi connectivity index (χ1v) is 8.27. The zero-order valence-corrected chi connectivity index (χ0v) is 13.9. The minimum Gasteiger partial charge on any atom is -0.507 e. The van der Waals surface area contributed by atoms with Crippen molar-refractivity contribution < 1.29 is 9.90 Å². The van der Waals surface area contributed by atoms with Crippen molar-refractivity contribution in [3.63, 3.8) is 0 Å². The Bertz CT molecular complexity index is 1110. The van der Waals surface area contributed by atoms with Gasteiger partial charge in [-0.15, -0.1) is 0 Å². The van der Waals surface area contributed by atoms with E-state index in [2.05, 4.69) is 4.98 Å². The van der Waals surface area contributed by atoms with Crippen LogP contribution in [0.5, 0.6) is 5.75 Å². The summed E-state index contributed by atoms with van der Waals surface area (Å²) in [4.78, 5) is 17.5. The van der Waals surface area contributed by atoms with Gasteiger partial charge in [-0.1, -0.05) is 54.6 Å². The van der Waals surface area contributed by atoms with Crippen LogP contribution in [-0.4, -0.2) is 20.6 Å². The molecule has 0 spiro atoms. The maximum atomic E-state index is 13.0. The van der Waals surface area contributed by atoms with Gasteiger partial charge in [0.2, 0.25) is 0 Å². The van der Waals surface area contributed by atoms with Crippen molar-refractivity contribution in [3.8, 4) is 17.1 Å². The van der Waals surface area contributed by atoms with E-state index in [0.717, 1.165) is 5.56 Å². The molecular formula is C22H16N2O2. The van der Waals surface area contributed by atoms with Crippen molar-refractivity contribution in [2.45, 2.75) is 0 Å². The maximum Gasteiger partial charge on any atom is 0.256 e. The molecule has 0 radical (unpaired) electrons. The van der Waals surface area contributed by atoms with Crippen LogP contribution in [0.2, 0.25) is 0 Å². The molecule has 126 valence electrons. The van der Waals surface area contributed by atoms with Crippen molar-refractivity contribution in [3.05, 3.63) is 90.5 Å². The first-order valence-electron chi connectivity index (χ1n) is 8.27. The lowest BCUT2D eigenvalue weighted by atomic mass is 10.2. The van der Waals surface area contributed by atoms with Gasteiger partial charge >= 0.3 is 0 Å². The maximum absolute atomic E-state index is 13.0.